The zero-order valence-electron chi connectivity index (χ0n) is 9.96. The minimum atomic E-state index is 0.376. The molecule has 0 aliphatic rings. The molecule has 2 aromatic heterocycles. The van der Waals surface area contributed by atoms with Crippen molar-refractivity contribution in [3.63, 3.8) is 0 Å². The smallest absolute Gasteiger partial charge is 0.113 e. The molecule has 0 aliphatic heterocycles. The van der Waals surface area contributed by atoms with Gasteiger partial charge in [0.1, 0.15) is 17.9 Å². The monoisotopic (exact) mass is 226 g/mol. The summed E-state index contributed by atoms with van der Waals surface area (Å²) >= 11 is 0. The molecule has 0 atom stereocenters. The van der Waals surface area contributed by atoms with Crippen LogP contribution in [0.5, 0.6) is 0 Å². The van der Waals surface area contributed by atoms with E-state index in [-0.39, 0.29) is 0 Å². The van der Waals surface area contributed by atoms with Crippen LogP contribution in [0.3, 0.4) is 0 Å². The Morgan fingerprint density at radius 3 is 2.76 bits per heavy atom. The quantitative estimate of drug-likeness (QED) is 0.753. The van der Waals surface area contributed by atoms with E-state index in [1.807, 2.05) is 10.7 Å². The zero-order chi connectivity index (χ0) is 12.3. The van der Waals surface area contributed by atoms with Gasteiger partial charge in [-0.2, -0.15) is 5.10 Å². The summed E-state index contributed by atoms with van der Waals surface area (Å²) in [6.07, 6.45) is 10.3. The molecule has 4 nitrogen and oxygen atoms in total. The highest BCUT2D eigenvalue weighted by Gasteiger charge is 2.12. The third-order valence-electron chi connectivity index (χ3n) is 2.47. The highest BCUT2D eigenvalue weighted by atomic mass is 15.3. The van der Waals surface area contributed by atoms with E-state index < -0.39 is 0 Å². The molecular formula is C13H14N4. The number of hydrogen-bond donors (Lipinski definition) is 0. The van der Waals surface area contributed by atoms with Crippen LogP contribution in [0.25, 0.3) is 11.4 Å². The van der Waals surface area contributed by atoms with Gasteiger partial charge in [0.05, 0.1) is 6.20 Å². The molecule has 0 fully saturated rings. The highest BCUT2D eigenvalue weighted by Crippen LogP contribution is 2.21. The summed E-state index contributed by atoms with van der Waals surface area (Å²) in [5, 5.41) is 4.46. The lowest BCUT2D eigenvalue weighted by molar-refractivity contribution is 0.637. The van der Waals surface area contributed by atoms with Gasteiger partial charge >= 0.3 is 0 Å². The Labute approximate surface area is 101 Å². The van der Waals surface area contributed by atoms with Crippen molar-refractivity contribution in [2.45, 2.75) is 26.3 Å². The molecule has 0 aliphatic carbocycles. The third kappa shape index (κ3) is 2.34. The standard InChI is InChI=1S/C13H14N4/c1-4-7-17-13(10(2)3)8-11(16-17)12-9-14-5-6-15-12/h1,5-6,8-10H,7H2,2-3H3. The Morgan fingerprint density at radius 2 is 2.18 bits per heavy atom. The van der Waals surface area contributed by atoms with Gasteiger partial charge in [-0.05, 0) is 12.0 Å². The summed E-state index contributed by atoms with van der Waals surface area (Å²) in [7, 11) is 0. The second-order valence-electron chi connectivity index (χ2n) is 4.06. The zero-order valence-corrected chi connectivity index (χ0v) is 9.96. The van der Waals surface area contributed by atoms with Gasteiger partial charge in [0.2, 0.25) is 0 Å². The normalized spacial score (nSPS) is 10.5. The van der Waals surface area contributed by atoms with Gasteiger partial charge in [0.25, 0.3) is 0 Å². The number of terminal acetylenes is 1. The lowest BCUT2D eigenvalue weighted by Gasteiger charge is -2.05. The Balaban J connectivity index is 2.44. The van der Waals surface area contributed by atoms with E-state index in [4.69, 9.17) is 6.42 Å². The molecule has 2 heterocycles. The van der Waals surface area contributed by atoms with E-state index in [1.165, 1.54) is 0 Å². The molecule has 0 bridgehead atoms. The topological polar surface area (TPSA) is 43.6 Å². The van der Waals surface area contributed by atoms with Crippen molar-refractivity contribution in [2.24, 2.45) is 0 Å². The molecule has 0 unspecified atom stereocenters. The van der Waals surface area contributed by atoms with E-state index in [0.717, 1.165) is 17.1 Å². The molecule has 0 aromatic carbocycles. The second-order valence-corrected chi connectivity index (χ2v) is 4.06. The van der Waals surface area contributed by atoms with Crippen molar-refractivity contribution in [1.82, 2.24) is 19.7 Å². The summed E-state index contributed by atoms with van der Waals surface area (Å²) < 4.78 is 1.84. The van der Waals surface area contributed by atoms with Crippen LogP contribution in [0.2, 0.25) is 0 Å². The highest BCUT2D eigenvalue weighted by molar-refractivity contribution is 5.53. The molecule has 2 rings (SSSR count). The summed E-state index contributed by atoms with van der Waals surface area (Å²) in [6.45, 7) is 4.71. The number of rotatable bonds is 3. The van der Waals surface area contributed by atoms with E-state index >= 15 is 0 Å². The van der Waals surface area contributed by atoms with E-state index in [1.54, 1.807) is 18.6 Å². The molecule has 0 saturated carbocycles. The van der Waals surface area contributed by atoms with Crippen LogP contribution in [0, 0.1) is 12.3 Å². The summed E-state index contributed by atoms with van der Waals surface area (Å²) in [6, 6.07) is 2.02. The van der Waals surface area contributed by atoms with Gasteiger partial charge in [-0.15, -0.1) is 6.42 Å². The van der Waals surface area contributed by atoms with Gasteiger partial charge in [0, 0.05) is 18.1 Å². The number of hydrogen-bond acceptors (Lipinski definition) is 3. The third-order valence-corrected chi connectivity index (χ3v) is 2.47. The first-order chi connectivity index (χ1) is 8.22. The predicted octanol–water partition coefficient (Wildman–Crippen LogP) is 2.10. The van der Waals surface area contributed by atoms with Crippen molar-refractivity contribution >= 4 is 0 Å². The van der Waals surface area contributed by atoms with Crippen LogP contribution < -0.4 is 0 Å². The molecule has 0 N–H and O–H groups in total. The molecule has 0 spiro atoms. The molecule has 2 aromatic rings. The van der Waals surface area contributed by atoms with Crippen molar-refractivity contribution in [3.05, 3.63) is 30.4 Å². The Hall–Kier alpha value is -2.15. The maximum Gasteiger partial charge on any atom is 0.113 e. The largest absolute Gasteiger partial charge is 0.261 e. The summed E-state index contributed by atoms with van der Waals surface area (Å²) in [4.78, 5) is 8.27. The first-order valence-corrected chi connectivity index (χ1v) is 5.50. The van der Waals surface area contributed by atoms with Crippen LogP contribution in [-0.2, 0) is 6.54 Å². The Bertz CT molecular complexity index is 534. The lowest BCUT2D eigenvalue weighted by Crippen LogP contribution is -2.04. The van der Waals surface area contributed by atoms with E-state index in [0.29, 0.717) is 12.5 Å². The fourth-order valence-electron chi connectivity index (χ4n) is 1.67. The van der Waals surface area contributed by atoms with E-state index in [9.17, 15) is 0 Å². The van der Waals surface area contributed by atoms with Gasteiger partial charge in [-0.1, -0.05) is 19.8 Å². The van der Waals surface area contributed by atoms with Crippen LogP contribution in [-0.4, -0.2) is 19.7 Å². The second kappa shape index (κ2) is 4.79. The minimum Gasteiger partial charge on any atom is -0.261 e. The van der Waals surface area contributed by atoms with Gasteiger partial charge in [-0.25, -0.2) is 0 Å². The van der Waals surface area contributed by atoms with Crippen LogP contribution >= 0.6 is 0 Å². The Morgan fingerprint density at radius 1 is 1.35 bits per heavy atom. The molecule has 0 saturated heterocycles. The van der Waals surface area contributed by atoms with Crippen molar-refractivity contribution in [2.75, 3.05) is 0 Å². The van der Waals surface area contributed by atoms with Gasteiger partial charge in [0.15, 0.2) is 0 Å². The van der Waals surface area contributed by atoms with Crippen LogP contribution in [0.15, 0.2) is 24.7 Å². The molecule has 17 heavy (non-hydrogen) atoms. The average molecular weight is 226 g/mol. The number of aromatic nitrogens is 4. The fraction of sp³-hybridized carbons (Fsp3) is 0.308. The van der Waals surface area contributed by atoms with Gasteiger partial charge in [-0.3, -0.25) is 14.6 Å². The molecule has 0 radical (unpaired) electrons. The summed E-state index contributed by atoms with van der Waals surface area (Å²) in [5.41, 5.74) is 2.70. The maximum absolute atomic E-state index is 5.34. The molecule has 4 heteroatoms. The fourth-order valence-corrected chi connectivity index (χ4v) is 1.67. The van der Waals surface area contributed by atoms with E-state index in [2.05, 4.69) is 34.8 Å². The lowest BCUT2D eigenvalue weighted by atomic mass is 10.1. The SMILES string of the molecule is C#CCn1nc(-c2cnccn2)cc1C(C)C. The molecular weight excluding hydrogens is 212 g/mol. The van der Waals surface area contributed by atoms with Crippen LogP contribution in [0.4, 0.5) is 0 Å². The first-order valence-electron chi connectivity index (χ1n) is 5.50. The maximum atomic E-state index is 5.34. The Kier molecular flexibility index (Phi) is 3.20. The van der Waals surface area contributed by atoms with Crippen molar-refractivity contribution < 1.29 is 0 Å². The average Bonchev–Trinajstić information content (AvgIpc) is 2.75. The van der Waals surface area contributed by atoms with Gasteiger partial charge < -0.3 is 0 Å². The van der Waals surface area contributed by atoms with Crippen molar-refractivity contribution in [3.8, 4) is 23.7 Å². The predicted molar refractivity (Wildman–Crippen MR) is 66.2 cm³/mol. The molecule has 0 amide bonds. The number of nitrogens with zero attached hydrogens (tertiary/aromatic N) is 4. The first kappa shape index (κ1) is 11.3. The van der Waals surface area contributed by atoms with Crippen molar-refractivity contribution in [1.29, 1.82) is 0 Å². The summed E-state index contributed by atoms with van der Waals surface area (Å²) in [5.74, 6) is 2.98. The molecule has 86 valence electrons. The van der Waals surface area contributed by atoms with Crippen LogP contribution in [0.1, 0.15) is 25.5 Å². The minimum absolute atomic E-state index is 0.376.